The summed E-state index contributed by atoms with van der Waals surface area (Å²) in [6.07, 6.45) is 1.25. The summed E-state index contributed by atoms with van der Waals surface area (Å²) < 4.78 is 8.27. The van der Waals surface area contributed by atoms with Gasteiger partial charge in [-0.15, -0.1) is 0 Å². The number of hydrogen-bond donors (Lipinski definition) is 0. The molecule has 1 aliphatic heterocycles. The molecule has 5 nitrogen and oxygen atoms in total. The molecule has 6 heteroatoms. The maximum absolute atomic E-state index is 11.0. The molecule has 0 saturated heterocycles. The Balaban J connectivity index is 2.94. The van der Waals surface area contributed by atoms with E-state index in [2.05, 4.69) is 11.6 Å². The maximum atomic E-state index is 11.0. The molecule has 0 saturated carbocycles. The first-order valence-corrected chi connectivity index (χ1v) is 5.06. The Morgan fingerprint density at radius 2 is 2.36 bits per heavy atom. The van der Waals surface area contributed by atoms with E-state index in [1.54, 1.807) is 0 Å². The van der Waals surface area contributed by atoms with E-state index in [-0.39, 0.29) is 5.92 Å². The first-order valence-electron chi connectivity index (χ1n) is 3.13. The Bertz CT molecular complexity index is 233. The van der Waals surface area contributed by atoms with Gasteiger partial charge in [0.05, 0.1) is 0 Å². The molecular formula is C5H8IN4O-. The second kappa shape index (κ2) is 3.74. The third-order valence-corrected chi connectivity index (χ3v) is 2.02. The molecule has 62 valence electrons. The van der Waals surface area contributed by atoms with Gasteiger partial charge in [-0.1, -0.05) is 0 Å². The minimum atomic E-state index is -0.627. The van der Waals surface area contributed by atoms with Crippen molar-refractivity contribution >= 4 is 12.2 Å². The Hall–Kier alpha value is -0.530. The van der Waals surface area contributed by atoms with E-state index < -0.39 is 21.8 Å². The van der Waals surface area contributed by atoms with Gasteiger partial charge in [-0.05, 0) is 0 Å². The van der Waals surface area contributed by atoms with Crippen molar-refractivity contribution in [1.29, 1.82) is 0 Å². The van der Waals surface area contributed by atoms with Gasteiger partial charge in [0.15, 0.2) is 0 Å². The van der Waals surface area contributed by atoms with Crippen LogP contribution in [0.4, 0.5) is 0 Å². The van der Waals surface area contributed by atoms with Crippen molar-refractivity contribution in [2.45, 2.75) is 13.8 Å². The predicted molar refractivity (Wildman–Crippen MR) is 36.8 cm³/mol. The van der Waals surface area contributed by atoms with E-state index in [0.29, 0.717) is 10.6 Å². The Morgan fingerprint density at radius 1 is 1.64 bits per heavy atom. The van der Waals surface area contributed by atoms with Crippen LogP contribution in [0.25, 0.3) is 0 Å². The summed E-state index contributed by atoms with van der Waals surface area (Å²) in [5.74, 6) is 0.538. The first kappa shape index (κ1) is 8.57. The van der Waals surface area contributed by atoms with Crippen molar-refractivity contribution < 1.29 is 26.5 Å². The minimum absolute atomic E-state index is 0.102. The van der Waals surface area contributed by atoms with Gasteiger partial charge in [0.2, 0.25) is 0 Å². The van der Waals surface area contributed by atoms with Crippen molar-refractivity contribution in [3.05, 3.63) is 5.21 Å². The summed E-state index contributed by atoms with van der Waals surface area (Å²) in [5, 5.41) is 14.8. The Morgan fingerprint density at radius 3 is 3.00 bits per heavy atom. The molecule has 0 unspecified atom stereocenters. The number of hydroxylamine groups is 1. The topological polar surface area (TPSA) is 63.1 Å². The third kappa shape index (κ3) is 2.21. The van der Waals surface area contributed by atoms with Gasteiger partial charge in [-0.2, -0.15) is 0 Å². The van der Waals surface area contributed by atoms with E-state index >= 15 is 0 Å². The van der Waals surface area contributed by atoms with Gasteiger partial charge >= 0.3 is 75.3 Å². The second-order valence-corrected chi connectivity index (χ2v) is 3.72. The van der Waals surface area contributed by atoms with Crippen LogP contribution in [0.3, 0.4) is 0 Å². The molecule has 1 rings (SSSR count). The van der Waals surface area contributed by atoms with Gasteiger partial charge in [0.1, 0.15) is 0 Å². The average Bonchev–Trinajstić information content (AvgIpc) is 2.13. The Kier molecular flexibility index (Phi) is 2.92. The van der Waals surface area contributed by atoms with Crippen molar-refractivity contribution in [2.24, 2.45) is 17.6 Å². The zero-order valence-corrected chi connectivity index (χ0v) is 8.39. The fraction of sp³-hybridized carbons (Fsp3) is 0.600. The molecule has 0 amide bonds. The summed E-state index contributed by atoms with van der Waals surface area (Å²) in [5.41, 5.74) is 0. The fourth-order valence-electron chi connectivity index (χ4n) is 0.607. The first-order chi connectivity index (χ1) is 5.22. The zero-order chi connectivity index (χ0) is 8.27. The summed E-state index contributed by atoms with van der Waals surface area (Å²) in [6.45, 7) is 3.80. The van der Waals surface area contributed by atoms with Crippen molar-refractivity contribution in [3.63, 3.8) is 0 Å². The van der Waals surface area contributed by atoms with Crippen LogP contribution in [-0.2, 0) is 0 Å². The SMILES string of the molecule is CC(C)C1=[N+]([O-])C=N[I-]N=N1. The number of rotatable bonds is 1. The number of nitrogens with zero attached hydrogens (tertiary/aromatic N) is 4. The molecule has 0 aromatic carbocycles. The van der Waals surface area contributed by atoms with E-state index in [1.807, 2.05) is 13.8 Å². The number of amidine groups is 1. The van der Waals surface area contributed by atoms with E-state index in [1.165, 1.54) is 6.34 Å². The molecular weight excluding hydrogens is 259 g/mol. The van der Waals surface area contributed by atoms with Crippen LogP contribution in [0.15, 0.2) is 11.6 Å². The second-order valence-electron chi connectivity index (χ2n) is 2.30. The summed E-state index contributed by atoms with van der Waals surface area (Å²) >= 11 is -0.627. The van der Waals surface area contributed by atoms with Crippen LogP contribution in [0.5, 0.6) is 0 Å². The number of halogens is 1. The summed E-state index contributed by atoms with van der Waals surface area (Å²) in [4.78, 5) is 0. The third-order valence-electron chi connectivity index (χ3n) is 1.11. The average molecular weight is 267 g/mol. The summed E-state index contributed by atoms with van der Waals surface area (Å²) in [6, 6.07) is 0. The molecule has 0 radical (unpaired) electrons. The van der Waals surface area contributed by atoms with Gasteiger partial charge in [0, 0.05) is 0 Å². The molecule has 0 aromatic heterocycles. The quantitative estimate of drug-likeness (QED) is 0.307. The van der Waals surface area contributed by atoms with Crippen molar-refractivity contribution in [1.82, 2.24) is 0 Å². The van der Waals surface area contributed by atoms with Crippen LogP contribution in [0.2, 0.25) is 0 Å². The van der Waals surface area contributed by atoms with Gasteiger partial charge < -0.3 is 0 Å². The molecule has 11 heavy (non-hydrogen) atoms. The monoisotopic (exact) mass is 267 g/mol. The van der Waals surface area contributed by atoms with Gasteiger partial charge in [-0.25, -0.2) is 0 Å². The van der Waals surface area contributed by atoms with Gasteiger partial charge in [0.25, 0.3) is 0 Å². The predicted octanol–water partition coefficient (Wildman–Crippen LogP) is -2.04. The molecule has 1 aliphatic rings. The van der Waals surface area contributed by atoms with Crippen LogP contribution in [0.1, 0.15) is 13.8 Å². The normalized spacial score (nSPS) is 18.5. The fourth-order valence-corrected chi connectivity index (χ4v) is 1.37. The molecule has 0 bridgehead atoms. The van der Waals surface area contributed by atoms with Crippen LogP contribution in [0, 0.1) is 11.1 Å². The standard InChI is InChI=1S/C5H8IN4O/c1-4(2)5-8-9-6-7-3-10(5)11/h3-4H,1-2H3/q-1. The van der Waals surface area contributed by atoms with Crippen LogP contribution < -0.4 is 21.8 Å². The van der Waals surface area contributed by atoms with E-state index in [0.717, 1.165) is 0 Å². The molecule has 0 N–H and O–H groups in total. The van der Waals surface area contributed by atoms with Crippen molar-refractivity contribution in [2.75, 3.05) is 0 Å². The van der Waals surface area contributed by atoms with E-state index in [9.17, 15) is 5.21 Å². The van der Waals surface area contributed by atoms with Gasteiger partial charge in [-0.3, -0.25) is 0 Å². The summed E-state index contributed by atoms with van der Waals surface area (Å²) in [7, 11) is 0. The molecule has 0 aliphatic carbocycles. The molecule has 0 fully saturated rings. The molecule has 0 aromatic rings. The Labute approximate surface area is 75.5 Å². The molecule has 0 atom stereocenters. The van der Waals surface area contributed by atoms with Crippen LogP contribution >= 0.6 is 0 Å². The zero-order valence-electron chi connectivity index (χ0n) is 6.23. The number of hydrogen-bond acceptors (Lipinski definition) is 4. The van der Waals surface area contributed by atoms with E-state index in [4.69, 9.17) is 0 Å². The molecule has 0 spiro atoms. The molecule has 1 heterocycles. The van der Waals surface area contributed by atoms with Crippen molar-refractivity contribution in [3.8, 4) is 0 Å². The van der Waals surface area contributed by atoms with Crippen LogP contribution in [-0.4, -0.2) is 16.9 Å².